The molecule has 0 atom stereocenters. The first-order chi connectivity index (χ1) is 9.53. The predicted molar refractivity (Wildman–Crippen MR) is 66.0 cm³/mol. The van der Waals surface area contributed by atoms with E-state index >= 15 is 0 Å². The number of nitrogens with zero attached hydrogens (tertiary/aromatic N) is 3. The molecule has 106 valence electrons. The van der Waals surface area contributed by atoms with Crippen molar-refractivity contribution >= 4 is 16.0 Å². The third-order valence-electron chi connectivity index (χ3n) is 2.40. The molecule has 0 spiro atoms. The van der Waals surface area contributed by atoms with Gasteiger partial charge < -0.3 is 4.74 Å². The van der Waals surface area contributed by atoms with E-state index in [0.717, 1.165) is 0 Å². The second-order valence-corrected chi connectivity index (χ2v) is 5.44. The highest BCUT2D eigenvalue weighted by atomic mass is 32.2. The van der Waals surface area contributed by atoms with Gasteiger partial charge in [0, 0.05) is 0 Å². The maximum Gasteiger partial charge on any atom is 0.337 e. The lowest BCUT2D eigenvalue weighted by atomic mass is 10.2. The second-order valence-electron chi connectivity index (χ2n) is 3.67. The lowest BCUT2D eigenvalue weighted by molar-refractivity contribution is 0.0600. The van der Waals surface area contributed by atoms with Crippen molar-refractivity contribution in [2.75, 3.05) is 7.11 Å². The van der Waals surface area contributed by atoms with Crippen LogP contribution in [0, 0.1) is 0 Å². The normalized spacial score (nSPS) is 11.2. The van der Waals surface area contributed by atoms with E-state index in [9.17, 15) is 13.2 Å². The fourth-order valence-electron chi connectivity index (χ4n) is 1.39. The second kappa shape index (κ2) is 5.75. The molecular formula is C10H11N5O4S. The number of carbonyl (C=O) groups is 1. The van der Waals surface area contributed by atoms with Crippen molar-refractivity contribution in [3.05, 3.63) is 35.7 Å². The van der Waals surface area contributed by atoms with E-state index in [1.54, 1.807) is 0 Å². The number of carbonyl (C=O) groups excluding carboxylic acids is 1. The molecule has 0 amide bonds. The molecule has 0 aliphatic heterocycles. The van der Waals surface area contributed by atoms with Gasteiger partial charge in [-0.1, -0.05) is 5.21 Å². The summed E-state index contributed by atoms with van der Waals surface area (Å²) in [5, 5.41) is 12.8. The summed E-state index contributed by atoms with van der Waals surface area (Å²) in [6.07, 6.45) is 0. The monoisotopic (exact) mass is 297 g/mol. The SMILES string of the molecule is COC(=O)c1ccc(S(=O)(=O)NCc2nn[nH]n2)cc1. The Balaban J connectivity index is 2.11. The molecule has 2 N–H and O–H groups in total. The van der Waals surface area contributed by atoms with Crippen LogP contribution in [0.25, 0.3) is 0 Å². The molecule has 0 bridgehead atoms. The smallest absolute Gasteiger partial charge is 0.337 e. The molecule has 0 fully saturated rings. The number of sulfonamides is 1. The van der Waals surface area contributed by atoms with E-state index in [1.807, 2.05) is 0 Å². The number of methoxy groups -OCH3 is 1. The van der Waals surface area contributed by atoms with Crippen LogP contribution < -0.4 is 4.72 Å². The number of tetrazole rings is 1. The van der Waals surface area contributed by atoms with Gasteiger partial charge >= 0.3 is 5.97 Å². The number of hydrogen-bond acceptors (Lipinski definition) is 7. The van der Waals surface area contributed by atoms with Gasteiger partial charge in [-0.15, -0.1) is 10.2 Å². The molecule has 0 radical (unpaired) electrons. The summed E-state index contributed by atoms with van der Waals surface area (Å²) in [5.41, 5.74) is 0.268. The molecule has 2 aromatic rings. The van der Waals surface area contributed by atoms with Crippen LogP contribution in [0.4, 0.5) is 0 Å². The molecule has 0 aliphatic carbocycles. The van der Waals surface area contributed by atoms with Crippen LogP contribution in [-0.4, -0.2) is 42.1 Å². The molecule has 1 heterocycles. The Kier molecular flexibility index (Phi) is 4.05. The van der Waals surface area contributed by atoms with Crippen molar-refractivity contribution in [3.63, 3.8) is 0 Å². The number of aromatic amines is 1. The minimum absolute atomic E-state index is 0.0219. The molecule has 2 rings (SSSR count). The maximum atomic E-state index is 12.0. The first-order valence-electron chi connectivity index (χ1n) is 5.43. The van der Waals surface area contributed by atoms with Gasteiger partial charge in [-0.25, -0.2) is 17.9 Å². The van der Waals surface area contributed by atoms with E-state index in [2.05, 4.69) is 30.1 Å². The predicted octanol–water partition coefficient (Wildman–Crippen LogP) is -0.535. The van der Waals surface area contributed by atoms with Crippen LogP contribution in [0.1, 0.15) is 16.2 Å². The van der Waals surface area contributed by atoms with Gasteiger partial charge in [0.15, 0.2) is 5.82 Å². The molecule has 20 heavy (non-hydrogen) atoms. The average Bonchev–Trinajstić information content (AvgIpc) is 2.98. The number of esters is 1. The number of nitrogens with one attached hydrogen (secondary N) is 2. The standard InChI is InChI=1S/C10H11N5O4S/c1-19-10(16)7-2-4-8(5-3-7)20(17,18)11-6-9-12-14-15-13-9/h2-5,11H,6H2,1H3,(H,12,13,14,15). The zero-order valence-electron chi connectivity index (χ0n) is 10.4. The van der Waals surface area contributed by atoms with Crippen LogP contribution in [-0.2, 0) is 21.3 Å². The summed E-state index contributed by atoms with van der Waals surface area (Å²) >= 11 is 0. The van der Waals surface area contributed by atoms with Crippen LogP contribution in [0.3, 0.4) is 0 Å². The van der Waals surface area contributed by atoms with Crippen molar-refractivity contribution in [1.29, 1.82) is 0 Å². The van der Waals surface area contributed by atoms with Gasteiger partial charge in [0.25, 0.3) is 0 Å². The number of hydrogen-bond donors (Lipinski definition) is 2. The Morgan fingerprint density at radius 3 is 2.60 bits per heavy atom. The first kappa shape index (κ1) is 14.1. The highest BCUT2D eigenvalue weighted by Crippen LogP contribution is 2.11. The number of benzene rings is 1. The fraction of sp³-hybridized carbons (Fsp3) is 0.200. The van der Waals surface area contributed by atoms with Crippen molar-refractivity contribution in [2.24, 2.45) is 0 Å². The van der Waals surface area contributed by atoms with E-state index in [4.69, 9.17) is 0 Å². The molecule has 1 aromatic heterocycles. The summed E-state index contributed by atoms with van der Waals surface area (Å²) in [7, 11) is -2.46. The Morgan fingerprint density at radius 1 is 1.35 bits per heavy atom. The summed E-state index contributed by atoms with van der Waals surface area (Å²) < 4.78 is 30.8. The first-order valence-corrected chi connectivity index (χ1v) is 6.91. The van der Waals surface area contributed by atoms with E-state index in [-0.39, 0.29) is 22.8 Å². The molecular weight excluding hydrogens is 286 g/mol. The Morgan fingerprint density at radius 2 is 2.05 bits per heavy atom. The molecule has 10 heteroatoms. The Bertz CT molecular complexity index is 681. The zero-order valence-corrected chi connectivity index (χ0v) is 11.2. The Labute approximate surface area is 114 Å². The van der Waals surface area contributed by atoms with Gasteiger partial charge in [-0.3, -0.25) is 0 Å². The topological polar surface area (TPSA) is 127 Å². The lowest BCUT2D eigenvalue weighted by Gasteiger charge is -2.05. The third-order valence-corrected chi connectivity index (χ3v) is 3.81. The number of H-pyrrole nitrogens is 1. The van der Waals surface area contributed by atoms with Crippen LogP contribution in [0.2, 0.25) is 0 Å². The summed E-state index contributed by atoms with van der Waals surface area (Å²) in [6, 6.07) is 5.36. The maximum absolute atomic E-state index is 12.0. The minimum atomic E-state index is -3.71. The minimum Gasteiger partial charge on any atom is -0.465 e. The van der Waals surface area contributed by atoms with E-state index < -0.39 is 16.0 Å². The molecule has 0 saturated heterocycles. The largest absolute Gasteiger partial charge is 0.465 e. The molecule has 9 nitrogen and oxygen atoms in total. The number of ether oxygens (including phenoxy) is 1. The van der Waals surface area contributed by atoms with Gasteiger partial charge in [0.1, 0.15) is 0 Å². The van der Waals surface area contributed by atoms with Gasteiger partial charge in [0.05, 0.1) is 24.1 Å². The van der Waals surface area contributed by atoms with Crippen molar-refractivity contribution < 1.29 is 17.9 Å². The van der Waals surface area contributed by atoms with Gasteiger partial charge in [-0.05, 0) is 24.3 Å². The van der Waals surface area contributed by atoms with Crippen LogP contribution >= 0.6 is 0 Å². The number of aromatic nitrogens is 4. The van der Waals surface area contributed by atoms with Gasteiger partial charge in [-0.2, -0.15) is 5.21 Å². The van der Waals surface area contributed by atoms with Crippen molar-refractivity contribution in [2.45, 2.75) is 11.4 Å². The number of rotatable bonds is 5. The van der Waals surface area contributed by atoms with E-state index in [0.29, 0.717) is 0 Å². The molecule has 0 aliphatic rings. The highest BCUT2D eigenvalue weighted by Gasteiger charge is 2.15. The summed E-state index contributed by atoms with van der Waals surface area (Å²) in [6.45, 7) is -0.0857. The molecule has 0 saturated carbocycles. The van der Waals surface area contributed by atoms with Crippen LogP contribution in [0.5, 0.6) is 0 Å². The zero-order chi connectivity index (χ0) is 14.6. The van der Waals surface area contributed by atoms with Gasteiger partial charge in [0.2, 0.25) is 10.0 Å². The average molecular weight is 297 g/mol. The van der Waals surface area contributed by atoms with Crippen molar-refractivity contribution in [3.8, 4) is 0 Å². The molecule has 0 unspecified atom stereocenters. The molecule has 1 aromatic carbocycles. The summed E-state index contributed by atoms with van der Waals surface area (Å²) in [5.74, 6) is -0.312. The third kappa shape index (κ3) is 3.16. The van der Waals surface area contributed by atoms with Crippen LogP contribution in [0.15, 0.2) is 29.2 Å². The Hall–Kier alpha value is -2.33. The van der Waals surface area contributed by atoms with E-state index in [1.165, 1.54) is 31.4 Å². The van der Waals surface area contributed by atoms with Crippen molar-refractivity contribution in [1.82, 2.24) is 25.3 Å². The lowest BCUT2D eigenvalue weighted by Crippen LogP contribution is -2.24. The quantitative estimate of drug-likeness (QED) is 0.710. The fourth-order valence-corrected chi connectivity index (χ4v) is 2.37. The highest BCUT2D eigenvalue weighted by molar-refractivity contribution is 7.89. The summed E-state index contributed by atoms with van der Waals surface area (Å²) in [4.78, 5) is 11.3.